The van der Waals surface area contributed by atoms with Crippen LogP contribution in [0.2, 0.25) is 0 Å². The molecule has 1 aliphatic rings. The molecule has 1 aromatic rings. The van der Waals surface area contributed by atoms with E-state index in [9.17, 15) is 13.2 Å². The fraction of sp³-hybridized carbons (Fsp3) is 0.467. The van der Waals surface area contributed by atoms with Crippen molar-refractivity contribution < 1.29 is 22.5 Å². The fourth-order valence-corrected chi connectivity index (χ4v) is 2.19. The van der Waals surface area contributed by atoms with Crippen LogP contribution in [0.4, 0.5) is 13.2 Å². The Bertz CT molecular complexity index is 581. The van der Waals surface area contributed by atoms with E-state index in [1.165, 1.54) is 6.07 Å². The molecule has 0 saturated carbocycles. The minimum absolute atomic E-state index is 0.297. The molecule has 120 valence electrons. The molecule has 1 heterocycles. The van der Waals surface area contributed by atoms with Crippen molar-refractivity contribution >= 4 is 12.7 Å². The minimum Gasteiger partial charge on any atom is -0.398 e. The SMILES string of the molecule is CC1(C)OB(C(F)=C(CN)c2c(F)cccc2F)OC1(C)C. The molecule has 1 fully saturated rings. The Kier molecular flexibility index (Phi) is 4.43. The van der Waals surface area contributed by atoms with Crippen molar-refractivity contribution in [3.05, 3.63) is 41.1 Å². The molecule has 0 aliphatic carbocycles. The van der Waals surface area contributed by atoms with E-state index in [1.807, 2.05) is 0 Å². The third-order valence-corrected chi connectivity index (χ3v) is 4.22. The predicted molar refractivity (Wildman–Crippen MR) is 79.5 cm³/mol. The summed E-state index contributed by atoms with van der Waals surface area (Å²) in [7, 11) is -1.34. The van der Waals surface area contributed by atoms with E-state index < -0.39 is 41.2 Å². The molecule has 0 unspecified atom stereocenters. The van der Waals surface area contributed by atoms with Crippen LogP contribution in [-0.4, -0.2) is 24.9 Å². The van der Waals surface area contributed by atoms with Crippen molar-refractivity contribution in [1.29, 1.82) is 0 Å². The number of rotatable bonds is 3. The Balaban J connectivity index is 2.48. The molecular weight excluding hydrogens is 294 g/mol. The van der Waals surface area contributed by atoms with Gasteiger partial charge >= 0.3 is 7.12 Å². The van der Waals surface area contributed by atoms with Crippen LogP contribution < -0.4 is 5.73 Å². The quantitative estimate of drug-likeness (QED) is 0.871. The van der Waals surface area contributed by atoms with Crippen LogP contribution in [0.25, 0.3) is 5.57 Å². The summed E-state index contributed by atoms with van der Waals surface area (Å²) in [5, 5.41) is 0. The summed E-state index contributed by atoms with van der Waals surface area (Å²) in [5.41, 5.74) is 2.28. The average Bonchev–Trinajstić information content (AvgIpc) is 2.62. The van der Waals surface area contributed by atoms with Gasteiger partial charge in [-0.1, -0.05) is 6.07 Å². The topological polar surface area (TPSA) is 44.5 Å². The highest BCUT2D eigenvalue weighted by atomic mass is 19.1. The lowest BCUT2D eigenvalue weighted by atomic mass is 9.82. The minimum atomic E-state index is -1.34. The number of halogens is 3. The van der Waals surface area contributed by atoms with Crippen molar-refractivity contribution in [1.82, 2.24) is 0 Å². The lowest BCUT2D eigenvalue weighted by Crippen LogP contribution is -2.41. The molecule has 0 amide bonds. The molecule has 0 aromatic heterocycles. The van der Waals surface area contributed by atoms with E-state index in [0.29, 0.717) is 0 Å². The molecular formula is C15H19BF3NO2. The van der Waals surface area contributed by atoms with Gasteiger partial charge in [-0.3, -0.25) is 0 Å². The first-order chi connectivity index (χ1) is 10.1. The maximum atomic E-state index is 14.7. The van der Waals surface area contributed by atoms with E-state index in [1.54, 1.807) is 27.7 Å². The smallest absolute Gasteiger partial charge is 0.398 e. The molecule has 0 spiro atoms. The van der Waals surface area contributed by atoms with Crippen molar-refractivity contribution in [2.24, 2.45) is 5.73 Å². The zero-order chi connectivity index (χ0) is 16.7. The Hall–Kier alpha value is -1.31. The van der Waals surface area contributed by atoms with Crippen LogP contribution in [0.1, 0.15) is 33.3 Å². The van der Waals surface area contributed by atoms with Gasteiger partial charge in [0.2, 0.25) is 0 Å². The zero-order valence-electron chi connectivity index (χ0n) is 13.0. The Labute approximate surface area is 128 Å². The number of nitrogens with two attached hydrogens (primary N) is 1. The Morgan fingerprint density at radius 3 is 1.95 bits per heavy atom. The predicted octanol–water partition coefficient (Wildman–Crippen LogP) is 3.24. The van der Waals surface area contributed by atoms with E-state index in [4.69, 9.17) is 15.0 Å². The summed E-state index contributed by atoms with van der Waals surface area (Å²) in [6.45, 7) is 6.64. The summed E-state index contributed by atoms with van der Waals surface area (Å²) < 4.78 is 53.6. The summed E-state index contributed by atoms with van der Waals surface area (Å²) in [5.74, 6) is -1.76. The molecule has 2 rings (SSSR count). The highest BCUT2D eigenvalue weighted by Crippen LogP contribution is 2.40. The van der Waals surface area contributed by atoms with Crippen LogP contribution in [0.3, 0.4) is 0 Å². The second kappa shape index (κ2) is 5.72. The fourth-order valence-electron chi connectivity index (χ4n) is 2.19. The van der Waals surface area contributed by atoms with Crippen LogP contribution in [0.5, 0.6) is 0 Å². The van der Waals surface area contributed by atoms with Crippen molar-refractivity contribution in [2.45, 2.75) is 38.9 Å². The third kappa shape index (κ3) is 2.80. The molecule has 2 N–H and O–H groups in total. The number of hydrogen-bond acceptors (Lipinski definition) is 3. The van der Waals surface area contributed by atoms with Crippen LogP contribution in [-0.2, 0) is 9.31 Å². The molecule has 1 aliphatic heterocycles. The number of benzene rings is 1. The van der Waals surface area contributed by atoms with Crippen molar-refractivity contribution in [3.8, 4) is 0 Å². The first-order valence-electron chi connectivity index (χ1n) is 6.99. The van der Waals surface area contributed by atoms with Gasteiger partial charge in [-0.15, -0.1) is 0 Å². The Morgan fingerprint density at radius 1 is 1.09 bits per heavy atom. The summed E-state index contributed by atoms with van der Waals surface area (Å²) >= 11 is 0. The van der Waals surface area contributed by atoms with Crippen LogP contribution >= 0.6 is 0 Å². The first kappa shape index (κ1) is 17.1. The van der Waals surface area contributed by atoms with Gasteiger partial charge in [-0.05, 0) is 39.8 Å². The summed E-state index contributed by atoms with van der Waals surface area (Å²) in [4.78, 5) is 0. The summed E-state index contributed by atoms with van der Waals surface area (Å²) in [6, 6.07) is 3.30. The third-order valence-electron chi connectivity index (χ3n) is 4.22. The van der Waals surface area contributed by atoms with Crippen molar-refractivity contribution in [3.63, 3.8) is 0 Å². The van der Waals surface area contributed by atoms with Gasteiger partial charge in [0.25, 0.3) is 0 Å². The molecule has 1 aromatic carbocycles. The highest BCUT2D eigenvalue weighted by Gasteiger charge is 2.53. The zero-order valence-corrected chi connectivity index (χ0v) is 13.0. The molecule has 3 nitrogen and oxygen atoms in total. The van der Waals surface area contributed by atoms with E-state index in [0.717, 1.165) is 12.1 Å². The van der Waals surface area contributed by atoms with Gasteiger partial charge in [-0.25, -0.2) is 13.2 Å². The maximum absolute atomic E-state index is 14.7. The van der Waals surface area contributed by atoms with E-state index in [-0.39, 0.29) is 12.1 Å². The normalized spacial score (nSPS) is 21.0. The average molecular weight is 313 g/mol. The van der Waals surface area contributed by atoms with E-state index >= 15 is 0 Å². The van der Waals surface area contributed by atoms with Gasteiger partial charge in [0.1, 0.15) is 17.4 Å². The molecule has 0 atom stereocenters. The second-order valence-electron chi connectivity index (χ2n) is 6.22. The van der Waals surface area contributed by atoms with Gasteiger partial charge in [0, 0.05) is 12.1 Å². The van der Waals surface area contributed by atoms with Gasteiger partial charge in [0.15, 0.2) is 0 Å². The first-order valence-corrected chi connectivity index (χ1v) is 6.99. The highest BCUT2D eigenvalue weighted by molar-refractivity contribution is 6.55. The van der Waals surface area contributed by atoms with Crippen molar-refractivity contribution in [2.75, 3.05) is 6.54 Å². The molecule has 7 heteroatoms. The van der Waals surface area contributed by atoms with Gasteiger partial charge in [-0.2, -0.15) is 0 Å². The maximum Gasteiger partial charge on any atom is 0.525 e. The molecule has 1 saturated heterocycles. The lowest BCUT2D eigenvalue weighted by Gasteiger charge is -2.32. The standard InChI is InChI=1S/C15H19BF3NO2/c1-14(2)15(3,4)22-16(21-14)13(19)9(8-20)12-10(17)6-5-7-11(12)18/h5-7H,8,20H2,1-4H3. The van der Waals surface area contributed by atoms with Gasteiger partial charge in [0.05, 0.1) is 16.8 Å². The van der Waals surface area contributed by atoms with E-state index in [2.05, 4.69) is 0 Å². The molecule has 0 radical (unpaired) electrons. The number of hydrogen-bond donors (Lipinski definition) is 1. The molecule has 22 heavy (non-hydrogen) atoms. The largest absolute Gasteiger partial charge is 0.525 e. The lowest BCUT2D eigenvalue weighted by molar-refractivity contribution is 0.00578. The monoisotopic (exact) mass is 313 g/mol. The Morgan fingerprint density at radius 2 is 1.55 bits per heavy atom. The summed E-state index contributed by atoms with van der Waals surface area (Å²) in [6.07, 6.45) is 0. The van der Waals surface area contributed by atoms with Gasteiger partial charge < -0.3 is 15.0 Å². The van der Waals surface area contributed by atoms with Crippen LogP contribution in [0.15, 0.2) is 23.9 Å². The second-order valence-corrected chi connectivity index (χ2v) is 6.22. The molecule has 0 bridgehead atoms. The van der Waals surface area contributed by atoms with Crippen LogP contribution in [0, 0.1) is 11.6 Å².